The van der Waals surface area contributed by atoms with Gasteiger partial charge in [0.2, 0.25) is 5.91 Å². The van der Waals surface area contributed by atoms with E-state index in [9.17, 15) is 18.4 Å². The molecule has 2 N–H and O–H groups in total. The molecule has 0 saturated heterocycles. The molecule has 2 amide bonds. The first-order valence-electron chi connectivity index (χ1n) is 7.46. The van der Waals surface area contributed by atoms with E-state index in [4.69, 9.17) is 0 Å². The minimum atomic E-state index is -0.948. The molecule has 4 nitrogen and oxygen atoms in total. The zero-order valence-electron chi connectivity index (χ0n) is 13.4. The van der Waals surface area contributed by atoms with E-state index in [1.165, 1.54) is 13.0 Å². The van der Waals surface area contributed by atoms with Gasteiger partial charge in [0, 0.05) is 19.0 Å². The summed E-state index contributed by atoms with van der Waals surface area (Å²) in [5.41, 5.74) is 1.79. The predicted molar refractivity (Wildman–Crippen MR) is 86.2 cm³/mol. The Hall–Kier alpha value is -2.76. The van der Waals surface area contributed by atoms with Crippen LogP contribution in [0.15, 0.2) is 42.5 Å². The fourth-order valence-electron chi connectivity index (χ4n) is 2.15. The van der Waals surface area contributed by atoms with Crippen molar-refractivity contribution >= 4 is 11.8 Å². The molecule has 0 aliphatic heterocycles. The fourth-order valence-corrected chi connectivity index (χ4v) is 2.15. The number of rotatable bonds is 5. The Balaban J connectivity index is 2.00. The first kappa shape index (κ1) is 17.6. The van der Waals surface area contributed by atoms with Crippen LogP contribution in [0, 0.1) is 11.6 Å². The minimum Gasteiger partial charge on any atom is -0.352 e. The van der Waals surface area contributed by atoms with Crippen molar-refractivity contribution in [1.82, 2.24) is 10.6 Å². The lowest BCUT2D eigenvalue weighted by Gasteiger charge is -2.15. The molecule has 2 aromatic rings. The number of halogens is 2. The van der Waals surface area contributed by atoms with Crippen LogP contribution >= 0.6 is 0 Å². The van der Waals surface area contributed by atoms with Crippen molar-refractivity contribution in [2.45, 2.75) is 26.4 Å². The van der Waals surface area contributed by atoms with Crippen LogP contribution in [0.1, 0.15) is 41.4 Å². The standard InChI is InChI=1S/C18H18F2N2O2/c1-11(15-7-8-16(19)17(20)9-15)22-18(24)14-5-3-13(4-6-14)10-21-12(2)23/h3-9,11H,10H2,1-2H3,(H,21,23)(H,22,24)/t11-/m0/s1. The maximum absolute atomic E-state index is 13.3. The van der Waals surface area contributed by atoms with E-state index in [2.05, 4.69) is 10.6 Å². The normalized spacial score (nSPS) is 11.7. The molecular formula is C18H18F2N2O2. The molecule has 24 heavy (non-hydrogen) atoms. The molecule has 0 bridgehead atoms. The Bertz CT molecular complexity index is 745. The van der Waals surface area contributed by atoms with Gasteiger partial charge in [-0.3, -0.25) is 9.59 Å². The van der Waals surface area contributed by atoms with Crippen molar-refractivity contribution in [2.24, 2.45) is 0 Å². The van der Waals surface area contributed by atoms with E-state index in [0.29, 0.717) is 17.7 Å². The highest BCUT2D eigenvalue weighted by molar-refractivity contribution is 5.94. The number of nitrogens with one attached hydrogen (secondary N) is 2. The molecule has 2 aromatic carbocycles. The second-order valence-corrected chi connectivity index (χ2v) is 5.48. The SMILES string of the molecule is CC(=O)NCc1ccc(C(=O)N[C@@H](C)c2ccc(F)c(F)c2)cc1. The number of carbonyl (C=O) groups excluding carboxylic acids is 2. The van der Waals surface area contributed by atoms with Gasteiger partial charge in [0.25, 0.3) is 5.91 Å². The largest absolute Gasteiger partial charge is 0.352 e. The van der Waals surface area contributed by atoms with Crippen LogP contribution in [-0.2, 0) is 11.3 Å². The molecule has 126 valence electrons. The van der Waals surface area contributed by atoms with Crippen molar-refractivity contribution in [3.63, 3.8) is 0 Å². The molecular weight excluding hydrogens is 314 g/mol. The van der Waals surface area contributed by atoms with Crippen molar-refractivity contribution < 1.29 is 18.4 Å². The smallest absolute Gasteiger partial charge is 0.251 e. The zero-order chi connectivity index (χ0) is 17.7. The van der Waals surface area contributed by atoms with Crippen LogP contribution in [0.25, 0.3) is 0 Å². The van der Waals surface area contributed by atoms with Crippen LogP contribution in [0.4, 0.5) is 8.78 Å². The summed E-state index contributed by atoms with van der Waals surface area (Å²) in [6, 6.07) is 9.84. The van der Waals surface area contributed by atoms with Crippen molar-refractivity contribution in [3.05, 3.63) is 70.8 Å². The molecule has 2 rings (SSSR count). The fraction of sp³-hybridized carbons (Fsp3) is 0.222. The summed E-state index contributed by atoms with van der Waals surface area (Å²) in [6.45, 7) is 3.51. The van der Waals surface area contributed by atoms with Gasteiger partial charge in [0.15, 0.2) is 11.6 Å². The molecule has 0 unspecified atom stereocenters. The summed E-state index contributed by atoms with van der Waals surface area (Å²) in [6.07, 6.45) is 0. The van der Waals surface area contributed by atoms with E-state index in [1.54, 1.807) is 31.2 Å². The second-order valence-electron chi connectivity index (χ2n) is 5.48. The Labute approximate surface area is 138 Å². The topological polar surface area (TPSA) is 58.2 Å². The highest BCUT2D eigenvalue weighted by Gasteiger charge is 2.13. The van der Waals surface area contributed by atoms with Crippen LogP contribution in [0.5, 0.6) is 0 Å². The van der Waals surface area contributed by atoms with E-state index < -0.39 is 17.7 Å². The molecule has 0 spiro atoms. The lowest BCUT2D eigenvalue weighted by molar-refractivity contribution is -0.119. The summed E-state index contributed by atoms with van der Waals surface area (Å²) >= 11 is 0. The van der Waals surface area contributed by atoms with E-state index in [1.807, 2.05) is 0 Å². The zero-order valence-corrected chi connectivity index (χ0v) is 13.4. The summed E-state index contributed by atoms with van der Waals surface area (Å²) in [7, 11) is 0. The van der Waals surface area contributed by atoms with Gasteiger partial charge in [-0.25, -0.2) is 8.78 Å². The van der Waals surface area contributed by atoms with Gasteiger partial charge >= 0.3 is 0 Å². The molecule has 0 saturated carbocycles. The Morgan fingerprint density at radius 2 is 1.71 bits per heavy atom. The van der Waals surface area contributed by atoms with Gasteiger partial charge in [-0.15, -0.1) is 0 Å². The van der Waals surface area contributed by atoms with Gasteiger partial charge < -0.3 is 10.6 Å². The summed E-state index contributed by atoms with van der Waals surface area (Å²) in [4.78, 5) is 23.1. The number of hydrogen-bond acceptors (Lipinski definition) is 2. The summed E-state index contributed by atoms with van der Waals surface area (Å²) in [5, 5.41) is 5.40. The molecule has 0 aliphatic rings. The van der Waals surface area contributed by atoms with Crippen LogP contribution in [0.3, 0.4) is 0 Å². The van der Waals surface area contributed by atoms with Crippen molar-refractivity contribution in [1.29, 1.82) is 0 Å². The Morgan fingerprint density at radius 3 is 2.29 bits per heavy atom. The first-order chi connectivity index (χ1) is 11.4. The average molecular weight is 332 g/mol. The van der Waals surface area contributed by atoms with Gasteiger partial charge in [-0.1, -0.05) is 18.2 Å². The Morgan fingerprint density at radius 1 is 1.04 bits per heavy atom. The van der Waals surface area contributed by atoms with Gasteiger partial charge in [0.05, 0.1) is 6.04 Å². The third kappa shape index (κ3) is 4.62. The molecule has 0 radical (unpaired) electrons. The van der Waals surface area contributed by atoms with Crippen LogP contribution in [-0.4, -0.2) is 11.8 Å². The molecule has 0 aromatic heterocycles. The maximum Gasteiger partial charge on any atom is 0.251 e. The molecule has 6 heteroatoms. The maximum atomic E-state index is 13.3. The van der Waals surface area contributed by atoms with Gasteiger partial charge in [-0.2, -0.15) is 0 Å². The quantitative estimate of drug-likeness (QED) is 0.884. The number of benzene rings is 2. The third-order valence-corrected chi connectivity index (χ3v) is 3.55. The van der Waals surface area contributed by atoms with Crippen molar-refractivity contribution in [3.8, 4) is 0 Å². The summed E-state index contributed by atoms with van der Waals surface area (Å²) < 4.78 is 26.2. The summed E-state index contributed by atoms with van der Waals surface area (Å²) in [5.74, 6) is -2.32. The molecule has 0 fully saturated rings. The predicted octanol–water partition coefficient (Wildman–Crippen LogP) is 3.09. The molecule has 0 heterocycles. The minimum absolute atomic E-state index is 0.128. The third-order valence-electron chi connectivity index (χ3n) is 3.55. The first-order valence-corrected chi connectivity index (χ1v) is 7.46. The molecule has 0 aliphatic carbocycles. The number of hydrogen-bond donors (Lipinski definition) is 2. The lowest BCUT2D eigenvalue weighted by atomic mass is 10.1. The number of carbonyl (C=O) groups is 2. The lowest BCUT2D eigenvalue weighted by Crippen LogP contribution is -2.26. The van der Waals surface area contributed by atoms with Crippen molar-refractivity contribution in [2.75, 3.05) is 0 Å². The van der Waals surface area contributed by atoms with E-state index >= 15 is 0 Å². The van der Waals surface area contributed by atoms with Gasteiger partial charge in [0.1, 0.15) is 0 Å². The number of amides is 2. The highest BCUT2D eigenvalue weighted by Crippen LogP contribution is 2.16. The Kier molecular flexibility index (Phi) is 5.63. The van der Waals surface area contributed by atoms with Crippen LogP contribution in [0.2, 0.25) is 0 Å². The second kappa shape index (κ2) is 7.68. The van der Waals surface area contributed by atoms with Gasteiger partial charge in [-0.05, 0) is 42.3 Å². The molecule has 1 atom stereocenters. The van der Waals surface area contributed by atoms with Crippen LogP contribution < -0.4 is 10.6 Å². The average Bonchev–Trinajstić information content (AvgIpc) is 2.55. The van der Waals surface area contributed by atoms with E-state index in [-0.39, 0.29) is 11.8 Å². The highest BCUT2D eigenvalue weighted by atomic mass is 19.2. The monoisotopic (exact) mass is 332 g/mol. The van der Waals surface area contributed by atoms with E-state index in [0.717, 1.165) is 17.7 Å².